The Morgan fingerprint density at radius 2 is 1.56 bits per heavy atom. The van der Waals surface area contributed by atoms with E-state index in [0.717, 1.165) is 23.3 Å². The molecule has 0 atom stereocenters. The summed E-state index contributed by atoms with van der Waals surface area (Å²) in [6.07, 6.45) is 8.48. The fourth-order valence-corrected chi connectivity index (χ4v) is 4.91. The smallest absolute Gasteiger partial charge is 0.143 e. The molecule has 4 saturated carbocycles. The minimum atomic E-state index is 0.0910. The van der Waals surface area contributed by atoms with Gasteiger partial charge in [-0.05, 0) is 63.2 Å². The van der Waals surface area contributed by atoms with E-state index in [-0.39, 0.29) is 5.41 Å². The quantitative estimate of drug-likeness (QED) is 0.659. The van der Waals surface area contributed by atoms with E-state index < -0.39 is 0 Å². The summed E-state index contributed by atoms with van der Waals surface area (Å²) in [6, 6.07) is 0. The molecule has 0 aromatic carbocycles. The molecule has 0 aromatic heterocycles. The van der Waals surface area contributed by atoms with Crippen molar-refractivity contribution in [3.05, 3.63) is 12.2 Å². The van der Waals surface area contributed by atoms with Crippen LogP contribution in [-0.2, 0) is 4.79 Å². The molecular weight excluding hydrogens is 196 g/mol. The summed E-state index contributed by atoms with van der Waals surface area (Å²) in [5, 5.41) is 0. The lowest BCUT2D eigenvalue weighted by atomic mass is 9.48. The van der Waals surface area contributed by atoms with Crippen molar-refractivity contribution < 1.29 is 4.79 Å². The van der Waals surface area contributed by atoms with Gasteiger partial charge in [-0.25, -0.2) is 0 Å². The molecule has 1 heteroatoms. The molecule has 4 fully saturated rings. The van der Waals surface area contributed by atoms with E-state index >= 15 is 0 Å². The summed E-state index contributed by atoms with van der Waals surface area (Å²) in [4.78, 5) is 12.4. The molecule has 88 valence electrons. The molecule has 0 spiro atoms. The van der Waals surface area contributed by atoms with Gasteiger partial charge in [0.15, 0.2) is 0 Å². The van der Waals surface area contributed by atoms with Gasteiger partial charge in [0.2, 0.25) is 0 Å². The Kier molecular flexibility index (Phi) is 2.28. The van der Waals surface area contributed by atoms with Crippen molar-refractivity contribution in [1.29, 1.82) is 0 Å². The van der Waals surface area contributed by atoms with Crippen molar-refractivity contribution in [3.63, 3.8) is 0 Å². The number of hydrogen-bond donors (Lipinski definition) is 0. The first-order valence-electron chi connectivity index (χ1n) is 6.75. The Bertz CT molecular complexity index is 304. The Hall–Kier alpha value is -0.590. The van der Waals surface area contributed by atoms with E-state index in [0.29, 0.717) is 12.2 Å². The molecule has 4 rings (SSSR count). The van der Waals surface area contributed by atoms with Crippen LogP contribution in [0.3, 0.4) is 0 Å². The standard InChI is InChI=1S/C15H22O/c1-10(2)3-14(16)15-7-11-4-12(8-15)6-13(5-11)9-15/h11-13H,1,3-9H2,2H3. The van der Waals surface area contributed by atoms with Crippen molar-refractivity contribution in [2.24, 2.45) is 23.2 Å². The molecule has 4 bridgehead atoms. The highest BCUT2D eigenvalue weighted by atomic mass is 16.1. The van der Waals surface area contributed by atoms with Crippen LogP contribution in [0.1, 0.15) is 51.9 Å². The van der Waals surface area contributed by atoms with E-state index in [4.69, 9.17) is 0 Å². The minimum absolute atomic E-state index is 0.0910. The Labute approximate surface area is 98.3 Å². The molecule has 0 radical (unpaired) electrons. The summed E-state index contributed by atoms with van der Waals surface area (Å²) >= 11 is 0. The van der Waals surface area contributed by atoms with Gasteiger partial charge in [-0.15, -0.1) is 0 Å². The topological polar surface area (TPSA) is 17.1 Å². The number of ketones is 1. The maximum Gasteiger partial charge on any atom is 0.143 e. The van der Waals surface area contributed by atoms with Gasteiger partial charge in [0.1, 0.15) is 5.78 Å². The van der Waals surface area contributed by atoms with Gasteiger partial charge in [-0.1, -0.05) is 12.2 Å². The van der Waals surface area contributed by atoms with Gasteiger partial charge >= 0.3 is 0 Å². The molecule has 0 aromatic rings. The number of carbonyl (C=O) groups is 1. The first-order chi connectivity index (χ1) is 7.57. The fourth-order valence-electron chi connectivity index (χ4n) is 4.91. The maximum atomic E-state index is 12.4. The van der Waals surface area contributed by atoms with Crippen LogP contribution >= 0.6 is 0 Å². The molecule has 0 saturated heterocycles. The third-order valence-electron chi connectivity index (χ3n) is 5.09. The van der Waals surface area contributed by atoms with Crippen LogP contribution in [-0.4, -0.2) is 5.78 Å². The van der Waals surface area contributed by atoms with Gasteiger partial charge < -0.3 is 0 Å². The summed E-state index contributed by atoms with van der Waals surface area (Å²) < 4.78 is 0. The van der Waals surface area contributed by atoms with Crippen molar-refractivity contribution in [1.82, 2.24) is 0 Å². The highest BCUT2D eigenvalue weighted by molar-refractivity contribution is 5.87. The molecule has 4 aliphatic rings. The van der Waals surface area contributed by atoms with Gasteiger partial charge in [-0.2, -0.15) is 0 Å². The molecule has 1 nitrogen and oxygen atoms in total. The summed E-state index contributed by atoms with van der Waals surface area (Å²) in [6.45, 7) is 5.89. The van der Waals surface area contributed by atoms with Gasteiger partial charge in [0, 0.05) is 11.8 Å². The van der Waals surface area contributed by atoms with Crippen LogP contribution in [0, 0.1) is 23.2 Å². The van der Waals surface area contributed by atoms with Crippen LogP contribution in [0.2, 0.25) is 0 Å². The number of Topliss-reactive ketones (excluding diaryl/α,β-unsaturated/α-hetero) is 1. The Balaban J connectivity index is 1.83. The molecule has 0 unspecified atom stereocenters. The van der Waals surface area contributed by atoms with Gasteiger partial charge in [0.25, 0.3) is 0 Å². The number of carbonyl (C=O) groups excluding carboxylic acids is 1. The highest BCUT2D eigenvalue weighted by Crippen LogP contribution is 2.60. The van der Waals surface area contributed by atoms with Crippen LogP contribution in [0.4, 0.5) is 0 Å². The van der Waals surface area contributed by atoms with Gasteiger partial charge in [-0.3, -0.25) is 4.79 Å². The lowest BCUT2D eigenvalue weighted by Gasteiger charge is -2.56. The van der Waals surface area contributed by atoms with E-state index in [1.807, 2.05) is 6.92 Å². The van der Waals surface area contributed by atoms with E-state index in [1.54, 1.807) is 0 Å². The normalized spacial score (nSPS) is 44.7. The average Bonchev–Trinajstić information content (AvgIpc) is 2.13. The second kappa shape index (κ2) is 3.45. The number of hydrogen-bond acceptors (Lipinski definition) is 1. The molecule has 0 amide bonds. The second-order valence-corrected chi connectivity index (χ2v) is 6.75. The van der Waals surface area contributed by atoms with Crippen molar-refractivity contribution in [2.45, 2.75) is 51.9 Å². The van der Waals surface area contributed by atoms with Crippen molar-refractivity contribution >= 4 is 5.78 Å². The zero-order valence-corrected chi connectivity index (χ0v) is 10.3. The lowest BCUT2D eigenvalue weighted by Crippen LogP contribution is -2.50. The van der Waals surface area contributed by atoms with E-state index in [1.165, 1.54) is 38.5 Å². The average molecular weight is 218 g/mol. The highest BCUT2D eigenvalue weighted by Gasteiger charge is 2.53. The zero-order chi connectivity index (χ0) is 11.3. The zero-order valence-electron chi connectivity index (χ0n) is 10.3. The summed E-state index contributed by atoms with van der Waals surface area (Å²) in [7, 11) is 0. The van der Waals surface area contributed by atoms with Crippen LogP contribution in [0.5, 0.6) is 0 Å². The van der Waals surface area contributed by atoms with Crippen LogP contribution < -0.4 is 0 Å². The van der Waals surface area contributed by atoms with Gasteiger partial charge in [0.05, 0.1) is 0 Å². The summed E-state index contributed by atoms with van der Waals surface area (Å²) in [5.41, 5.74) is 1.13. The third-order valence-corrected chi connectivity index (χ3v) is 5.09. The molecule has 0 heterocycles. The fraction of sp³-hybridized carbons (Fsp3) is 0.800. The lowest BCUT2D eigenvalue weighted by molar-refractivity contribution is -0.143. The first kappa shape index (κ1) is 10.6. The molecule has 0 N–H and O–H groups in total. The molecule has 0 aliphatic heterocycles. The number of rotatable bonds is 3. The SMILES string of the molecule is C=C(C)CC(=O)C12CC3CC(CC(C3)C1)C2. The number of allylic oxidation sites excluding steroid dienone is 1. The Morgan fingerprint density at radius 3 is 1.94 bits per heavy atom. The summed E-state index contributed by atoms with van der Waals surface area (Å²) in [5.74, 6) is 3.14. The molecule has 16 heavy (non-hydrogen) atoms. The first-order valence-corrected chi connectivity index (χ1v) is 6.75. The van der Waals surface area contributed by atoms with Crippen molar-refractivity contribution in [3.8, 4) is 0 Å². The maximum absolute atomic E-state index is 12.4. The monoisotopic (exact) mass is 218 g/mol. The second-order valence-electron chi connectivity index (χ2n) is 6.75. The predicted molar refractivity (Wildman–Crippen MR) is 65.0 cm³/mol. The largest absolute Gasteiger partial charge is 0.299 e. The Morgan fingerprint density at radius 1 is 1.12 bits per heavy atom. The predicted octanol–water partition coefficient (Wildman–Crippen LogP) is 3.74. The van der Waals surface area contributed by atoms with Crippen LogP contribution in [0.25, 0.3) is 0 Å². The van der Waals surface area contributed by atoms with E-state index in [2.05, 4.69) is 6.58 Å². The van der Waals surface area contributed by atoms with Crippen molar-refractivity contribution in [2.75, 3.05) is 0 Å². The molecular formula is C15H22O. The molecule has 4 aliphatic carbocycles. The third kappa shape index (κ3) is 1.56. The van der Waals surface area contributed by atoms with E-state index in [9.17, 15) is 4.79 Å². The van der Waals surface area contributed by atoms with Crippen LogP contribution in [0.15, 0.2) is 12.2 Å². The minimum Gasteiger partial charge on any atom is -0.299 e.